The van der Waals surface area contributed by atoms with Crippen molar-refractivity contribution in [3.63, 3.8) is 0 Å². The number of hydrogen-bond donors (Lipinski definition) is 2. The number of carbonyl (C=O) groups excluding carboxylic acids is 1. The van der Waals surface area contributed by atoms with Crippen molar-refractivity contribution in [1.29, 1.82) is 0 Å². The molecule has 108 valence electrons. The Hall–Kier alpha value is -2.74. The Balaban J connectivity index is 2.17. The van der Waals surface area contributed by atoms with Crippen LogP contribution in [-0.2, 0) is 14.8 Å². The van der Waals surface area contributed by atoms with Crippen LogP contribution in [0.4, 0.5) is 11.6 Å². The van der Waals surface area contributed by atoms with Crippen molar-refractivity contribution in [3.8, 4) is 0 Å². The molecule has 0 unspecified atom stereocenters. The molecule has 0 aliphatic rings. The van der Waals surface area contributed by atoms with Crippen molar-refractivity contribution in [2.24, 2.45) is 0 Å². The minimum atomic E-state index is -3.77. The van der Waals surface area contributed by atoms with Crippen molar-refractivity contribution < 1.29 is 13.2 Å². The quantitative estimate of drug-likeness (QED) is 0.813. The molecule has 0 saturated heterocycles. The van der Waals surface area contributed by atoms with Crippen LogP contribution in [-0.4, -0.2) is 24.3 Å². The topological polar surface area (TPSA) is 101 Å². The molecule has 2 aromatic rings. The molecule has 0 radical (unpaired) electrons. The van der Waals surface area contributed by atoms with E-state index in [1.807, 2.05) is 0 Å². The number of amides is 1. The molecule has 8 heteroatoms. The first-order chi connectivity index (χ1) is 10.0. The highest BCUT2D eigenvalue weighted by molar-refractivity contribution is 7.92. The fraction of sp³-hybridized carbons (Fsp3) is 0. The van der Waals surface area contributed by atoms with E-state index >= 15 is 0 Å². The zero-order chi connectivity index (χ0) is 15.3. The SMILES string of the molecule is C=CC(=O)Nc1ccc(S(=O)(=O)Nc2ncccn2)cc1. The Bertz CT molecular complexity index is 743. The van der Waals surface area contributed by atoms with Crippen molar-refractivity contribution in [2.75, 3.05) is 10.0 Å². The molecule has 0 aliphatic heterocycles. The second-order valence-corrected chi connectivity index (χ2v) is 5.58. The van der Waals surface area contributed by atoms with E-state index in [9.17, 15) is 13.2 Å². The van der Waals surface area contributed by atoms with Gasteiger partial charge in [-0.25, -0.2) is 23.1 Å². The first kappa shape index (κ1) is 14.7. The third-order valence-electron chi connectivity index (χ3n) is 2.41. The number of carbonyl (C=O) groups is 1. The third kappa shape index (κ3) is 3.86. The molecular formula is C13H12N4O3S. The lowest BCUT2D eigenvalue weighted by Gasteiger charge is -2.07. The van der Waals surface area contributed by atoms with Crippen LogP contribution in [0, 0.1) is 0 Å². The zero-order valence-electron chi connectivity index (χ0n) is 10.9. The first-order valence-corrected chi connectivity index (χ1v) is 7.33. The van der Waals surface area contributed by atoms with Gasteiger partial charge in [0.15, 0.2) is 0 Å². The molecule has 0 aliphatic carbocycles. The Kier molecular flexibility index (Phi) is 4.29. The summed E-state index contributed by atoms with van der Waals surface area (Å²) >= 11 is 0. The predicted octanol–water partition coefficient (Wildman–Crippen LogP) is 1.40. The monoisotopic (exact) mass is 304 g/mol. The van der Waals surface area contributed by atoms with Crippen LogP contribution in [0.3, 0.4) is 0 Å². The van der Waals surface area contributed by atoms with E-state index < -0.39 is 10.0 Å². The van der Waals surface area contributed by atoms with E-state index in [2.05, 4.69) is 26.6 Å². The van der Waals surface area contributed by atoms with Crippen LogP contribution in [0.25, 0.3) is 0 Å². The summed E-state index contributed by atoms with van der Waals surface area (Å²) in [5, 5.41) is 2.52. The highest BCUT2D eigenvalue weighted by Gasteiger charge is 2.15. The average Bonchev–Trinajstić information content (AvgIpc) is 2.48. The van der Waals surface area contributed by atoms with Crippen molar-refractivity contribution in [1.82, 2.24) is 9.97 Å². The minimum Gasteiger partial charge on any atom is -0.323 e. The van der Waals surface area contributed by atoms with E-state index in [1.54, 1.807) is 6.07 Å². The largest absolute Gasteiger partial charge is 0.323 e. The maximum atomic E-state index is 12.1. The van der Waals surface area contributed by atoms with Gasteiger partial charge in [0.1, 0.15) is 0 Å². The highest BCUT2D eigenvalue weighted by atomic mass is 32.2. The molecule has 2 N–H and O–H groups in total. The molecule has 0 fully saturated rings. The van der Waals surface area contributed by atoms with Gasteiger partial charge in [0.25, 0.3) is 10.0 Å². The number of anilines is 2. The van der Waals surface area contributed by atoms with Crippen molar-refractivity contribution in [2.45, 2.75) is 4.90 Å². The highest BCUT2D eigenvalue weighted by Crippen LogP contribution is 2.16. The van der Waals surface area contributed by atoms with Gasteiger partial charge in [0.2, 0.25) is 11.9 Å². The number of benzene rings is 1. The number of nitrogens with zero attached hydrogens (tertiary/aromatic N) is 2. The molecule has 1 heterocycles. The van der Waals surface area contributed by atoms with Crippen LogP contribution in [0.2, 0.25) is 0 Å². The van der Waals surface area contributed by atoms with E-state index in [4.69, 9.17) is 0 Å². The number of rotatable bonds is 5. The van der Waals surface area contributed by atoms with Gasteiger partial charge in [-0.15, -0.1) is 0 Å². The number of nitrogens with one attached hydrogen (secondary N) is 2. The average molecular weight is 304 g/mol. The summed E-state index contributed by atoms with van der Waals surface area (Å²) in [6.07, 6.45) is 3.98. The maximum Gasteiger partial charge on any atom is 0.264 e. The Labute approximate surface area is 121 Å². The molecule has 0 atom stereocenters. The molecule has 0 spiro atoms. The van der Waals surface area contributed by atoms with Crippen LogP contribution >= 0.6 is 0 Å². The van der Waals surface area contributed by atoms with Crippen LogP contribution in [0.15, 0.2) is 60.3 Å². The fourth-order valence-corrected chi connectivity index (χ4v) is 2.40. The summed E-state index contributed by atoms with van der Waals surface area (Å²) in [4.78, 5) is 18.7. The summed E-state index contributed by atoms with van der Waals surface area (Å²) < 4.78 is 26.4. The Morgan fingerprint density at radius 2 is 1.76 bits per heavy atom. The van der Waals surface area contributed by atoms with E-state index in [0.717, 1.165) is 6.08 Å². The summed E-state index contributed by atoms with van der Waals surface area (Å²) in [6.45, 7) is 3.33. The molecule has 0 saturated carbocycles. The molecule has 0 bridgehead atoms. The number of sulfonamides is 1. The lowest BCUT2D eigenvalue weighted by Crippen LogP contribution is -2.15. The molecule has 1 aromatic carbocycles. The Morgan fingerprint density at radius 1 is 1.14 bits per heavy atom. The van der Waals surface area contributed by atoms with E-state index in [1.165, 1.54) is 36.7 Å². The molecule has 21 heavy (non-hydrogen) atoms. The zero-order valence-corrected chi connectivity index (χ0v) is 11.7. The summed E-state index contributed by atoms with van der Waals surface area (Å²) in [6, 6.07) is 7.26. The predicted molar refractivity (Wildman–Crippen MR) is 78.1 cm³/mol. The summed E-state index contributed by atoms with van der Waals surface area (Å²) in [5.74, 6) is -0.386. The molecule has 1 amide bonds. The smallest absolute Gasteiger partial charge is 0.264 e. The molecular weight excluding hydrogens is 292 g/mol. The van der Waals surface area contributed by atoms with Crippen LogP contribution in [0.1, 0.15) is 0 Å². The van der Waals surface area contributed by atoms with Crippen LogP contribution in [0.5, 0.6) is 0 Å². The van der Waals surface area contributed by atoms with Gasteiger partial charge in [0.05, 0.1) is 4.90 Å². The van der Waals surface area contributed by atoms with Crippen molar-refractivity contribution >= 4 is 27.6 Å². The van der Waals surface area contributed by atoms with Gasteiger partial charge in [-0.1, -0.05) is 6.58 Å². The van der Waals surface area contributed by atoms with Gasteiger partial charge in [0, 0.05) is 18.1 Å². The third-order valence-corrected chi connectivity index (χ3v) is 3.75. The number of aromatic nitrogens is 2. The van der Waals surface area contributed by atoms with Crippen molar-refractivity contribution in [3.05, 3.63) is 55.4 Å². The minimum absolute atomic E-state index is 0.0125. The molecule has 1 aromatic heterocycles. The second kappa shape index (κ2) is 6.14. The van der Waals surface area contributed by atoms with Gasteiger partial charge in [-0.3, -0.25) is 4.79 Å². The lowest BCUT2D eigenvalue weighted by atomic mass is 10.3. The normalized spacial score (nSPS) is 10.7. The summed E-state index contributed by atoms with van der Waals surface area (Å²) in [7, 11) is -3.77. The number of hydrogen-bond acceptors (Lipinski definition) is 5. The second-order valence-electron chi connectivity index (χ2n) is 3.90. The van der Waals surface area contributed by atoms with Gasteiger partial charge < -0.3 is 5.32 Å². The van der Waals surface area contributed by atoms with Crippen LogP contribution < -0.4 is 10.0 Å². The maximum absolute atomic E-state index is 12.1. The van der Waals surface area contributed by atoms with E-state index in [-0.39, 0.29) is 16.8 Å². The first-order valence-electron chi connectivity index (χ1n) is 5.84. The molecule has 7 nitrogen and oxygen atoms in total. The van der Waals surface area contributed by atoms with Gasteiger partial charge in [-0.2, -0.15) is 0 Å². The Morgan fingerprint density at radius 3 is 2.33 bits per heavy atom. The van der Waals surface area contributed by atoms with E-state index in [0.29, 0.717) is 5.69 Å². The van der Waals surface area contributed by atoms with Gasteiger partial charge >= 0.3 is 0 Å². The fourth-order valence-electron chi connectivity index (χ4n) is 1.44. The van der Waals surface area contributed by atoms with Gasteiger partial charge in [-0.05, 0) is 36.4 Å². The standard InChI is InChI=1S/C13H12N4O3S/c1-2-12(18)16-10-4-6-11(7-5-10)21(19,20)17-13-14-8-3-9-15-13/h2-9H,1H2,(H,16,18)(H,14,15,17). The lowest BCUT2D eigenvalue weighted by molar-refractivity contribution is -0.111. The molecule has 2 rings (SSSR count). The summed E-state index contributed by atoms with van der Waals surface area (Å²) in [5.41, 5.74) is 0.467.